The molecule has 0 bridgehead atoms. The Kier molecular flexibility index (Phi) is 2.93. The molecular weight excluding hydrogens is 282 g/mol. The predicted octanol–water partition coefficient (Wildman–Crippen LogP) is 1.72. The van der Waals surface area contributed by atoms with E-state index in [1.54, 1.807) is 0 Å². The van der Waals surface area contributed by atoms with Gasteiger partial charge in [-0.2, -0.15) is 0 Å². The maximum atomic E-state index is 13.9. The molecule has 21 heavy (non-hydrogen) atoms. The number of fused-ring (bicyclic) bond motifs is 1. The molecule has 8 heteroatoms. The van der Waals surface area contributed by atoms with Gasteiger partial charge in [0.2, 0.25) is 0 Å². The summed E-state index contributed by atoms with van der Waals surface area (Å²) in [6.07, 6.45) is 0. The van der Waals surface area contributed by atoms with Crippen molar-refractivity contribution < 1.29 is 13.6 Å². The number of hydrogen-bond acceptors (Lipinski definition) is 3. The molecule has 6 nitrogen and oxygen atoms in total. The Bertz CT molecular complexity index is 783. The van der Waals surface area contributed by atoms with Crippen molar-refractivity contribution in [2.75, 3.05) is 4.90 Å². The highest BCUT2D eigenvalue weighted by molar-refractivity contribution is 6.00. The van der Waals surface area contributed by atoms with Crippen LogP contribution >= 0.6 is 0 Å². The van der Waals surface area contributed by atoms with Gasteiger partial charge in [-0.3, -0.25) is 4.79 Å². The largest absolute Gasteiger partial charge is 0.333 e. The normalized spacial score (nSPS) is 13.9. The van der Waals surface area contributed by atoms with Crippen LogP contribution in [0.25, 0.3) is 0 Å². The fourth-order valence-corrected chi connectivity index (χ4v) is 2.19. The number of amides is 2. The number of hydrogen-bond donors (Lipinski definition) is 2. The first kappa shape index (κ1) is 13.2. The molecule has 0 saturated heterocycles. The van der Waals surface area contributed by atoms with Gasteiger partial charge in [0, 0.05) is 0 Å². The summed E-state index contributed by atoms with van der Waals surface area (Å²) in [6, 6.07) is 2.50. The zero-order valence-electron chi connectivity index (χ0n) is 10.9. The number of aryl methyl sites for hydroxylation is 1. The summed E-state index contributed by atoms with van der Waals surface area (Å²) in [6.45, 7) is 1.47. The molecule has 2 amide bonds. The quantitative estimate of drug-likeness (QED) is 0.840. The Morgan fingerprint density at radius 3 is 2.57 bits per heavy atom. The Hall–Kier alpha value is -2.77. The van der Waals surface area contributed by atoms with Gasteiger partial charge in [0.1, 0.15) is 23.1 Å². The lowest BCUT2D eigenvalue weighted by Crippen LogP contribution is -2.45. The number of carbonyl (C=O) groups excluding carboxylic acids is 1. The minimum Gasteiger partial charge on any atom is -0.333 e. The number of rotatable bonds is 1. The summed E-state index contributed by atoms with van der Waals surface area (Å²) in [5.41, 5.74) is -0.879. The van der Waals surface area contributed by atoms with E-state index in [0.717, 1.165) is 17.0 Å². The Morgan fingerprint density at radius 1 is 1.24 bits per heavy atom. The van der Waals surface area contributed by atoms with E-state index >= 15 is 0 Å². The zero-order chi connectivity index (χ0) is 15.1. The second kappa shape index (κ2) is 4.65. The van der Waals surface area contributed by atoms with Crippen molar-refractivity contribution in [2.45, 2.75) is 13.5 Å². The van der Waals surface area contributed by atoms with Crippen molar-refractivity contribution >= 4 is 17.5 Å². The molecule has 0 radical (unpaired) electrons. The van der Waals surface area contributed by atoms with Crippen molar-refractivity contribution in [3.05, 3.63) is 51.6 Å². The van der Waals surface area contributed by atoms with E-state index < -0.39 is 28.9 Å². The second-order valence-electron chi connectivity index (χ2n) is 4.52. The molecule has 0 unspecified atom stereocenters. The van der Waals surface area contributed by atoms with E-state index in [0.29, 0.717) is 0 Å². The molecule has 1 aromatic carbocycles. The van der Waals surface area contributed by atoms with Crippen molar-refractivity contribution in [3.63, 3.8) is 0 Å². The van der Waals surface area contributed by atoms with E-state index in [1.165, 1.54) is 13.0 Å². The average molecular weight is 292 g/mol. The molecule has 3 rings (SSSR count). The maximum absolute atomic E-state index is 13.9. The van der Waals surface area contributed by atoms with Crippen LogP contribution in [0.3, 0.4) is 0 Å². The van der Waals surface area contributed by atoms with Gasteiger partial charge in [-0.25, -0.2) is 23.5 Å². The number of aromatic amines is 1. The molecule has 1 aliphatic rings. The Balaban J connectivity index is 2.30. The van der Waals surface area contributed by atoms with Crippen LogP contribution in [0, 0.1) is 18.6 Å². The third kappa shape index (κ3) is 2.04. The first-order valence-corrected chi connectivity index (χ1v) is 6.11. The number of aromatic nitrogens is 2. The fourth-order valence-electron chi connectivity index (χ4n) is 2.19. The number of carbonyl (C=O) groups is 1. The van der Waals surface area contributed by atoms with Gasteiger partial charge >= 0.3 is 6.03 Å². The predicted molar refractivity (Wildman–Crippen MR) is 70.3 cm³/mol. The van der Waals surface area contributed by atoms with Gasteiger partial charge < -0.3 is 10.3 Å². The first-order valence-electron chi connectivity index (χ1n) is 6.11. The summed E-state index contributed by atoms with van der Waals surface area (Å²) in [5.74, 6) is -1.66. The van der Waals surface area contributed by atoms with Crippen molar-refractivity contribution in [2.24, 2.45) is 0 Å². The number of anilines is 2. The molecule has 1 aromatic heterocycles. The molecule has 2 heterocycles. The molecule has 0 spiro atoms. The smallest absolute Gasteiger partial charge is 0.328 e. The van der Waals surface area contributed by atoms with Gasteiger partial charge in [-0.1, -0.05) is 6.07 Å². The van der Waals surface area contributed by atoms with E-state index in [-0.39, 0.29) is 23.8 Å². The van der Waals surface area contributed by atoms with Crippen LogP contribution in [-0.4, -0.2) is 16.0 Å². The number of halogens is 2. The maximum Gasteiger partial charge on any atom is 0.328 e. The standard InChI is InChI=1S/C13H10F2N4O2/c1-6-17-11-7(12(20)18-6)5-16-13(21)19(11)10-8(14)3-2-4-9(10)15/h2-4H,5H2,1H3,(H,16,21)(H,17,18,20). The van der Waals surface area contributed by atoms with Crippen LogP contribution in [0.2, 0.25) is 0 Å². The topological polar surface area (TPSA) is 78.1 Å². The van der Waals surface area contributed by atoms with Crippen LogP contribution in [0.5, 0.6) is 0 Å². The number of nitrogens with one attached hydrogen (secondary N) is 2. The third-order valence-electron chi connectivity index (χ3n) is 3.10. The highest BCUT2D eigenvalue weighted by Gasteiger charge is 2.32. The van der Waals surface area contributed by atoms with E-state index in [1.807, 2.05) is 0 Å². The number of urea groups is 1. The van der Waals surface area contributed by atoms with Gasteiger partial charge in [0.05, 0.1) is 12.1 Å². The van der Waals surface area contributed by atoms with Crippen molar-refractivity contribution in [1.82, 2.24) is 15.3 Å². The van der Waals surface area contributed by atoms with Gasteiger partial charge in [-0.15, -0.1) is 0 Å². The summed E-state index contributed by atoms with van der Waals surface area (Å²) in [7, 11) is 0. The summed E-state index contributed by atoms with van der Waals surface area (Å²) in [5, 5.41) is 2.40. The minimum atomic E-state index is -0.919. The number of H-pyrrole nitrogens is 1. The highest BCUT2D eigenvalue weighted by atomic mass is 19.1. The average Bonchev–Trinajstić information content (AvgIpc) is 2.40. The monoisotopic (exact) mass is 292 g/mol. The third-order valence-corrected chi connectivity index (χ3v) is 3.10. The number of nitrogens with zero attached hydrogens (tertiary/aromatic N) is 2. The van der Waals surface area contributed by atoms with Crippen LogP contribution in [0.1, 0.15) is 11.4 Å². The van der Waals surface area contributed by atoms with Crippen LogP contribution in [0.4, 0.5) is 25.1 Å². The molecule has 0 saturated carbocycles. The van der Waals surface area contributed by atoms with E-state index in [9.17, 15) is 18.4 Å². The molecule has 108 valence electrons. The van der Waals surface area contributed by atoms with Crippen LogP contribution in [-0.2, 0) is 6.54 Å². The molecule has 0 aliphatic carbocycles. The number of para-hydroxylation sites is 1. The summed E-state index contributed by atoms with van der Waals surface area (Å²) >= 11 is 0. The molecule has 2 N–H and O–H groups in total. The van der Waals surface area contributed by atoms with Crippen LogP contribution < -0.4 is 15.8 Å². The Labute approximate surface area is 117 Å². The lowest BCUT2D eigenvalue weighted by Gasteiger charge is -2.28. The zero-order valence-corrected chi connectivity index (χ0v) is 10.9. The minimum absolute atomic E-state index is 0.0522. The summed E-state index contributed by atoms with van der Waals surface area (Å²) in [4.78, 5) is 31.2. The van der Waals surface area contributed by atoms with E-state index in [4.69, 9.17) is 0 Å². The second-order valence-corrected chi connectivity index (χ2v) is 4.52. The van der Waals surface area contributed by atoms with Gasteiger partial charge in [-0.05, 0) is 19.1 Å². The van der Waals surface area contributed by atoms with Crippen LogP contribution in [0.15, 0.2) is 23.0 Å². The lowest BCUT2D eigenvalue weighted by atomic mass is 10.2. The van der Waals surface area contributed by atoms with Crippen molar-refractivity contribution in [3.8, 4) is 0 Å². The molecule has 0 atom stereocenters. The molecule has 2 aromatic rings. The SMILES string of the molecule is Cc1nc2c(c(=O)[nH]1)CNC(=O)N2c1c(F)cccc1F. The van der Waals surface area contributed by atoms with E-state index in [2.05, 4.69) is 15.3 Å². The molecular formula is C13H10F2N4O2. The highest BCUT2D eigenvalue weighted by Crippen LogP contribution is 2.32. The fraction of sp³-hybridized carbons (Fsp3) is 0.154. The van der Waals surface area contributed by atoms with Gasteiger partial charge in [0.15, 0.2) is 5.82 Å². The summed E-state index contributed by atoms with van der Waals surface area (Å²) < 4.78 is 27.9. The molecule has 1 aliphatic heterocycles. The van der Waals surface area contributed by atoms with Crippen molar-refractivity contribution in [1.29, 1.82) is 0 Å². The first-order chi connectivity index (χ1) is 9.99. The lowest BCUT2D eigenvalue weighted by molar-refractivity contribution is 0.246. The number of benzene rings is 1. The van der Waals surface area contributed by atoms with Gasteiger partial charge in [0.25, 0.3) is 5.56 Å². The Morgan fingerprint density at radius 2 is 1.90 bits per heavy atom. The molecule has 0 fully saturated rings.